The molecule has 5 nitrogen and oxygen atoms in total. The maximum atomic E-state index is 12.7. The van der Waals surface area contributed by atoms with Crippen LogP contribution in [-0.2, 0) is 17.6 Å². The van der Waals surface area contributed by atoms with Crippen LogP contribution in [0, 0.1) is 0 Å². The zero-order chi connectivity index (χ0) is 19.9. The van der Waals surface area contributed by atoms with Gasteiger partial charge in [-0.1, -0.05) is 32.0 Å². The number of nitrogens with one attached hydrogen (secondary N) is 2. The van der Waals surface area contributed by atoms with Crippen molar-refractivity contribution in [2.24, 2.45) is 0 Å². The molecule has 1 fully saturated rings. The van der Waals surface area contributed by atoms with Gasteiger partial charge in [0.25, 0.3) is 11.8 Å². The van der Waals surface area contributed by atoms with E-state index in [1.807, 2.05) is 18.2 Å². The Kier molecular flexibility index (Phi) is 6.82. The molecular formula is C23H28N2O3. The molecule has 1 atom stereocenters. The van der Waals surface area contributed by atoms with Gasteiger partial charge in [0.15, 0.2) is 0 Å². The molecule has 3 rings (SSSR count). The topological polar surface area (TPSA) is 67.4 Å². The molecule has 2 N–H and O–H groups in total. The van der Waals surface area contributed by atoms with E-state index in [0.29, 0.717) is 17.7 Å². The Morgan fingerprint density at radius 3 is 2.11 bits per heavy atom. The van der Waals surface area contributed by atoms with Crippen LogP contribution >= 0.6 is 0 Å². The van der Waals surface area contributed by atoms with Crippen LogP contribution in [0.3, 0.4) is 0 Å². The molecule has 0 bridgehead atoms. The zero-order valence-corrected chi connectivity index (χ0v) is 16.6. The van der Waals surface area contributed by atoms with Crippen molar-refractivity contribution in [2.45, 2.75) is 45.6 Å². The first-order chi connectivity index (χ1) is 13.6. The molecule has 1 unspecified atom stereocenters. The minimum atomic E-state index is -0.165. The first-order valence-corrected chi connectivity index (χ1v) is 10.0. The smallest absolute Gasteiger partial charge is 0.255 e. The van der Waals surface area contributed by atoms with Gasteiger partial charge in [0, 0.05) is 30.0 Å². The van der Waals surface area contributed by atoms with Gasteiger partial charge in [-0.15, -0.1) is 0 Å². The molecule has 0 spiro atoms. The summed E-state index contributed by atoms with van der Waals surface area (Å²) in [6, 6.07) is 12.9. The Morgan fingerprint density at radius 1 is 0.964 bits per heavy atom. The van der Waals surface area contributed by atoms with Gasteiger partial charge in [0.1, 0.15) is 0 Å². The average Bonchev–Trinajstić information content (AvgIpc) is 3.26. The van der Waals surface area contributed by atoms with E-state index in [9.17, 15) is 9.59 Å². The first kappa shape index (κ1) is 20.1. The molecule has 2 aromatic rings. The number of para-hydroxylation sites is 1. The van der Waals surface area contributed by atoms with Crippen LogP contribution < -0.4 is 10.6 Å². The maximum Gasteiger partial charge on any atom is 0.255 e. The largest absolute Gasteiger partial charge is 0.376 e. The van der Waals surface area contributed by atoms with Gasteiger partial charge >= 0.3 is 0 Å². The lowest BCUT2D eigenvalue weighted by atomic mass is 10.0. The zero-order valence-electron chi connectivity index (χ0n) is 16.6. The molecule has 5 heteroatoms. The predicted octanol–water partition coefficient (Wildman–Crippen LogP) is 3.97. The summed E-state index contributed by atoms with van der Waals surface area (Å²) in [5.41, 5.74) is 4.22. The molecule has 148 valence electrons. The summed E-state index contributed by atoms with van der Waals surface area (Å²) < 4.78 is 5.52. The Balaban J connectivity index is 1.64. The highest BCUT2D eigenvalue weighted by Crippen LogP contribution is 2.23. The van der Waals surface area contributed by atoms with Crippen molar-refractivity contribution >= 4 is 17.5 Å². The van der Waals surface area contributed by atoms with E-state index < -0.39 is 0 Å². The number of anilines is 1. The van der Waals surface area contributed by atoms with Crippen LogP contribution in [0.1, 0.15) is 58.5 Å². The summed E-state index contributed by atoms with van der Waals surface area (Å²) in [5.74, 6) is -0.311. The number of carbonyl (C=O) groups excluding carboxylic acids is 2. The number of rotatable bonds is 7. The Morgan fingerprint density at radius 2 is 1.57 bits per heavy atom. The Labute approximate surface area is 166 Å². The monoisotopic (exact) mass is 380 g/mol. The van der Waals surface area contributed by atoms with Gasteiger partial charge in [-0.25, -0.2) is 0 Å². The standard InChI is InChI=1S/C23H28N2O3/c1-3-16-7-5-8-17(4-2)21(16)25-23(27)19-12-10-18(11-13-19)22(26)24-15-20-9-6-14-28-20/h5,7-8,10-13,20H,3-4,6,9,14-15H2,1-2H3,(H,24,26)(H,25,27). The number of ether oxygens (including phenoxy) is 1. The molecular weight excluding hydrogens is 352 g/mol. The van der Waals surface area contributed by atoms with Crippen LogP contribution in [0.2, 0.25) is 0 Å². The molecule has 0 radical (unpaired) electrons. The maximum absolute atomic E-state index is 12.7. The molecule has 0 aromatic heterocycles. The fourth-order valence-electron chi connectivity index (χ4n) is 3.48. The Hall–Kier alpha value is -2.66. The van der Waals surface area contributed by atoms with Gasteiger partial charge in [-0.3, -0.25) is 9.59 Å². The number of hydrogen-bond acceptors (Lipinski definition) is 3. The third-order valence-electron chi connectivity index (χ3n) is 5.16. The highest BCUT2D eigenvalue weighted by Gasteiger charge is 2.17. The summed E-state index contributed by atoms with van der Waals surface area (Å²) in [5, 5.41) is 5.95. The van der Waals surface area contributed by atoms with Crippen molar-refractivity contribution in [1.29, 1.82) is 0 Å². The predicted molar refractivity (Wildman–Crippen MR) is 111 cm³/mol. The van der Waals surface area contributed by atoms with Gasteiger partial charge < -0.3 is 15.4 Å². The normalized spacial score (nSPS) is 16.0. The van der Waals surface area contributed by atoms with E-state index in [-0.39, 0.29) is 17.9 Å². The minimum Gasteiger partial charge on any atom is -0.376 e. The molecule has 0 saturated carbocycles. The molecule has 1 aliphatic heterocycles. The lowest BCUT2D eigenvalue weighted by Crippen LogP contribution is -2.31. The van der Waals surface area contributed by atoms with Crippen molar-refractivity contribution in [3.63, 3.8) is 0 Å². The van der Waals surface area contributed by atoms with E-state index in [0.717, 1.165) is 49.1 Å². The molecule has 2 aromatic carbocycles. The second-order valence-corrected chi connectivity index (χ2v) is 7.03. The third kappa shape index (κ3) is 4.78. The number of benzene rings is 2. The quantitative estimate of drug-likeness (QED) is 0.764. The summed E-state index contributed by atoms with van der Waals surface area (Å²) in [6.07, 6.45) is 3.85. The van der Waals surface area contributed by atoms with E-state index in [4.69, 9.17) is 4.74 Å². The SMILES string of the molecule is CCc1cccc(CC)c1NC(=O)c1ccc(C(=O)NCC2CCCO2)cc1. The van der Waals surface area contributed by atoms with Crippen LogP contribution in [-0.4, -0.2) is 31.1 Å². The van der Waals surface area contributed by atoms with E-state index in [1.165, 1.54) is 0 Å². The molecule has 0 aliphatic carbocycles. The fourth-order valence-corrected chi connectivity index (χ4v) is 3.48. The summed E-state index contributed by atoms with van der Waals surface area (Å²) in [4.78, 5) is 25.0. The van der Waals surface area contributed by atoms with Crippen LogP contribution in [0.5, 0.6) is 0 Å². The van der Waals surface area contributed by atoms with Crippen molar-refractivity contribution in [3.8, 4) is 0 Å². The average molecular weight is 380 g/mol. The van der Waals surface area contributed by atoms with Gasteiger partial charge in [0.2, 0.25) is 0 Å². The number of aryl methyl sites for hydroxylation is 2. The lowest BCUT2D eigenvalue weighted by molar-refractivity contribution is 0.0857. The third-order valence-corrected chi connectivity index (χ3v) is 5.16. The van der Waals surface area contributed by atoms with E-state index in [2.05, 4.69) is 24.5 Å². The fraction of sp³-hybridized carbons (Fsp3) is 0.391. The summed E-state index contributed by atoms with van der Waals surface area (Å²) >= 11 is 0. The highest BCUT2D eigenvalue weighted by molar-refractivity contribution is 6.05. The molecule has 1 saturated heterocycles. The second kappa shape index (κ2) is 9.51. The van der Waals surface area contributed by atoms with Crippen LogP contribution in [0.15, 0.2) is 42.5 Å². The van der Waals surface area contributed by atoms with Gasteiger partial charge in [-0.05, 0) is 61.1 Å². The number of carbonyl (C=O) groups is 2. The van der Waals surface area contributed by atoms with Crippen molar-refractivity contribution in [3.05, 3.63) is 64.7 Å². The molecule has 2 amide bonds. The van der Waals surface area contributed by atoms with Crippen molar-refractivity contribution < 1.29 is 14.3 Å². The highest BCUT2D eigenvalue weighted by atomic mass is 16.5. The van der Waals surface area contributed by atoms with E-state index in [1.54, 1.807) is 24.3 Å². The summed E-state index contributed by atoms with van der Waals surface area (Å²) in [6.45, 7) is 5.45. The number of hydrogen-bond donors (Lipinski definition) is 2. The summed E-state index contributed by atoms with van der Waals surface area (Å²) in [7, 11) is 0. The second-order valence-electron chi connectivity index (χ2n) is 7.03. The van der Waals surface area contributed by atoms with Crippen LogP contribution in [0.4, 0.5) is 5.69 Å². The lowest BCUT2D eigenvalue weighted by Gasteiger charge is -2.14. The Bertz CT molecular complexity index is 802. The first-order valence-electron chi connectivity index (χ1n) is 10.0. The van der Waals surface area contributed by atoms with Crippen LogP contribution in [0.25, 0.3) is 0 Å². The minimum absolute atomic E-state index is 0.111. The van der Waals surface area contributed by atoms with E-state index >= 15 is 0 Å². The number of amides is 2. The molecule has 1 heterocycles. The van der Waals surface area contributed by atoms with Crippen molar-refractivity contribution in [2.75, 3.05) is 18.5 Å². The van der Waals surface area contributed by atoms with Crippen molar-refractivity contribution in [1.82, 2.24) is 5.32 Å². The molecule has 28 heavy (non-hydrogen) atoms. The molecule has 1 aliphatic rings. The van der Waals surface area contributed by atoms with Gasteiger partial charge in [0.05, 0.1) is 6.10 Å². The van der Waals surface area contributed by atoms with Gasteiger partial charge in [-0.2, -0.15) is 0 Å².